The van der Waals surface area contributed by atoms with E-state index in [0.717, 1.165) is 44.2 Å². The standard InChI is InChI=1S/C30H36Cl2N4O5/c1-2-22(29(37)38)9-11-34-13-15-36(16-14-34)24-4-6-25(7-5-24)39-18-26-19-40-30(41-26,20-35-12-10-33-21-35)27-8-3-23(31)17-28(27)32/h3-8,10,12,17,21-22,26H,2,9,11,13-16,18-20H2,1H3,(H,37,38)/p-1. The van der Waals surface area contributed by atoms with Crippen LogP contribution >= 0.6 is 23.2 Å². The second kappa shape index (κ2) is 13.4. The van der Waals surface area contributed by atoms with Gasteiger partial charge in [0.15, 0.2) is 0 Å². The number of benzene rings is 2. The number of aliphatic carboxylic acids is 1. The number of anilines is 1. The number of carbonyl (C=O) groups is 1. The molecule has 0 aliphatic carbocycles. The van der Waals surface area contributed by atoms with Crippen LogP contribution in [0.4, 0.5) is 5.69 Å². The lowest BCUT2D eigenvalue weighted by atomic mass is 10.0. The van der Waals surface area contributed by atoms with Crippen LogP contribution in [0.25, 0.3) is 0 Å². The van der Waals surface area contributed by atoms with Crippen molar-refractivity contribution in [3.05, 3.63) is 76.8 Å². The van der Waals surface area contributed by atoms with Crippen LogP contribution in [0, 0.1) is 5.92 Å². The van der Waals surface area contributed by atoms with Gasteiger partial charge in [-0.1, -0.05) is 36.2 Å². The van der Waals surface area contributed by atoms with Gasteiger partial charge in [0.25, 0.3) is 0 Å². The fourth-order valence-electron chi connectivity index (χ4n) is 5.37. The maximum Gasteiger partial charge on any atom is 0.215 e. The molecular formula is C30H35Cl2N4O5-. The molecule has 0 saturated carbocycles. The Balaban J connectivity index is 1.14. The SMILES string of the molecule is CCC(CCN1CCN(c2ccc(OCC3COC(Cn4ccnc4)(c4ccc(Cl)cc4Cl)O3)cc2)CC1)C(=O)[O-]. The van der Waals surface area contributed by atoms with E-state index in [9.17, 15) is 9.90 Å². The Bertz CT molecular complexity index is 1280. The third-order valence-corrected chi connectivity index (χ3v) is 8.33. The summed E-state index contributed by atoms with van der Waals surface area (Å²) in [6.45, 7) is 7.31. The van der Waals surface area contributed by atoms with Crippen molar-refractivity contribution in [2.75, 3.05) is 50.8 Å². The van der Waals surface area contributed by atoms with Gasteiger partial charge in [-0.15, -0.1) is 0 Å². The average Bonchev–Trinajstić information content (AvgIpc) is 3.63. The number of piperazine rings is 1. The van der Waals surface area contributed by atoms with Crippen molar-refractivity contribution < 1.29 is 24.1 Å². The van der Waals surface area contributed by atoms with Gasteiger partial charge in [-0.25, -0.2) is 4.98 Å². The number of carboxylic acids is 1. The first-order valence-electron chi connectivity index (χ1n) is 14.0. The number of nitrogens with zero attached hydrogens (tertiary/aromatic N) is 4. The van der Waals surface area contributed by atoms with Gasteiger partial charge in [0.1, 0.15) is 18.5 Å². The quantitative estimate of drug-likeness (QED) is 0.309. The molecule has 41 heavy (non-hydrogen) atoms. The summed E-state index contributed by atoms with van der Waals surface area (Å²) >= 11 is 12.7. The van der Waals surface area contributed by atoms with Crippen LogP contribution in [-0.4, -0.2) is 72.5 Å². The first-order chi connectivity index (χ1) is 19.8. The van der Waals surface area contributed by atoms with E-state index in [2.05, 4.69) is 26.9 Å². The molecule has 2 aliphatic rings. The topological polar surface area (TPSA) is 92.1 Å². The smallest absolute Gasteiger partial charge is 0.215 e. The average molecular weight is 603 g/mol. The number of carbonyl (C=O) groups excluding carboxylic acids is 1. The predicted octanol–water partition coefficient (Wildman–Crippen LogP) is 3.83. The maximum atomic E-state index is 11.2. The minimum absolute atomic E-state index is 0.303. The van der Waals surface area contributed by atoms with E-state index in [0.29, 0.717) is 48.2 Å². The Labute approximate surface area is 250 Å². The molecule has 220 valence electrons. The molecule has 2 saturated heterocycles. The highest BCUT2D eigenvalue weighted by molar-refractivity contribution is 6.35. The zero-order valence-electron chi connectivity index (χ0n) is 23.1. The number of hydrogen-bond donors (Lipinski definition) is 0. The number of imidazole rings is 1. The molecule has 0 amide bonds. The molecule has 1 aromatic heterocycles. The number of aromatic nitrogens is 2. The van der Waals surface area contributed by atoms with E-state index in [1.54, 1.807) is 24.7 Å². The second-order valence-corrected chi connectivity index (χ2v) is 11.4. The highest BCUT2D eigenvalue weighted by Crippen LogP contribution is 2.40. The summed E-state index contributed by atoms with van der Waals surface area (Å²) in [5.74, 6) is -1.66. The maximum absolute atomic E-state index is 11.2. The molecule has 3 aromatic rings. The van der Waals surface area contributed by atoms with Crippen LogP contribution in [-0.2, 0) is 26.6 Å². The fourth-order valence-corrected chi connectivity index (χ4v) is 5.93. The lowest BCUT2D eigenvalue weighted by Gasteiger charge is -2.36. The molecule has 0 N–H and O–H groups in total. The van der Waals surface area contributed by atoms with E-state index >= 15 is 0 Å². The molecule has 0 spiro atoms. The van der Waals surface area contributed by atoms with Crippen molar-refractivity contribution in [2.45, 2.75) is 38.2 Å². The van der Waals surface area contributed by atoms with E-state index < -0.39 is 11.8 Å². The van der Waals surface area contributed by atoms with Crippen LogP contribution < -0.4 is 14.7 Å². The minimum atomic E-state index is -1.09. The number of halogens is 2. The zero-order chi connectivity index (χ0) is 28.8. The fraction of sp³-hybridized carbons (Fsp3) is 0.467. The van der Waals surface area contributed by atoms with Gasteiger partial charge in [-0.3, -0.25) is 4.90 Å². The first kappa shape index (κ1) is 29.7. The predicted molar refractivity (Wildman–Crippen MR) is 155 cm³/mol. The van der Waals surface area contributed by atoms with Crippen molar-refractivity contribution in [1.82, 2.24) is 14.5 Å². The molecule has 11 heteroatoms. The summed E-state index contributed by atoms with van der Waals surface area (Å²) in [5, 5.41) is 12.2. The lowest BCUT2D eigenvalue weighted by molar-refractivity contribution is -0.312. The molecular weight excluding hydrogens is 567 g/mol. The van der Waals surface area contributed by atoms with E-state index in [4.69, 9.17) is 37.4 Å². The largest absolute Gasteiger partial charge is 0.550 e. The molecule has 0 radical (unpaired) electrons. The van der Waals surface area contributed by atoms with Crippen molar-refractivity contribution in [2.24, 2.45) is 5.92 Å². The van der Waals surface area contributed by atoms with Crippen LogP contribution in [0.1, 0.15) is 25.3 Å². The number of rotatable bonds is 12. The summed E-state index contributed by atoms with van der Waals surface area (Å²) < 4.78 is 20.7. The van der Waals surface area contributed by atoms with Gasteiger partial charge in [0, 0.05) is 60.8 Å². The summed E-state index contributed by atoms with van der Waals surface area (Å²) in [7, 11) is 0. The van der Waals surface area contributed by atoms with E-state index in [1.807, 2.05) is 35.9 Å². The van der Waals surface area contributed by atoms with Gasteiger partial charge in [0.2, 0.25) is 5.79 Å². The third kappa shape index (κ3) is 7.34. The van der Waals surface area contributed by atoms with Crippen LogP contribution in [0.3, 0.4) is 0 Å². The molecule has 9 nitrogen and oxygen atoms in total. The Kier molecular flexibility index (Phi) is 9.72. The van der Waals surface area contributed by atoms with Crippen molar-refractivity contribution in [3.8, 4) is 5.75 Å². The van der Waals surface area contributed by atoms with Crippen LogP contribution in [0.5, 0.6) is 5.75 Å². The zero-order valence-corrected chi connectivity index (χ0v) is 24.6. The van der Waals surface area contributed by atoms with Crippen molar-refractivity contribution >= 4 is 34.9 Å². The highest BCUT2D eigenvalue weighted by atomic mass is 35.5. The highest BCUT2D eigenvalue weighted by Gasteiger charge is 2.45. The monoisotopic (exact) mass is 601 g/mol. The lowest BCUT2D eigenvalue weighted by Crippen LogP contribution is -2.47. The minimum Gasteiger partial charge on any atom is -0.550 e. The van der Waals surface area contributed by atoms with Gasteiger partial charge >= 0.3 is 0 Å². The normalized spacial score (nSPS) is 22.1. The second-order valence-electron chi connectivity index (χ2n) is 10.5. The molecule has 5 rings (SSSR count). The van der Waals surface area contributed by atoms with Crippen molar-refractivity contribution in [1.29, 1.82) is 0 Å². The Morgan fingerprint density at radius 1 is 1.17 bits per heavy atom. The summed E-state index contributed by atoms with van der Waals surface area (Å²) in [5.41, 5.74) is 1.84. The Morgan fingerprint density at radius 3 is 2.61 bits per heavy atom. The number of hydrogen-bond acceptors (Lipinski definition) is 8. The van der Waals surface area contributed by atoms with Crippen LogP contribution in [0.2, 0.25) is 10.0 Å². The van der Waals surface area contributed by atoms with Gasteiger partial charge in [-0.2, -0.15) is 0 Å². The molecule has 3 unspecified atom stereocenters. The molecule has 0 bridgehead atoms. The molecule has 2 fully saturated rings. The van der Waals surface area contributed by atoms with Gasteiger partial charge in [-0.05, 0) is 61.7 Å². The van der Waals surface area contributed by atoms with Gasteiger partial charge in [0.05, 0.1) is 24.5 Å². The molecule has 2 aromatic carbocycles. The Hall–Kier alpha value is -2.82. The Morgan fingerprint density at radius 2 is 1.95 bits per heavy atom. The molecule has 3 atom stereocenters. The van der Waals surface area contributed by atoms with Crippen LogP contribution in [0.15, 0.2) is 61.2 Å². The van der Waals surface area contributed by atoms with Crippen molar-refractivity contribution in [3.63, 3.8) is 0 Å². The van der Waals surface area contributed by atoms with Gasteiger partial charge < -0.3 is 33.6 Å². The van der Waals surface area contributed by atoms with E-state index in [-0.39, 0.29) is 12.0 Å². The van der Waals surface area contributed by atoms with E-state index in [1.165, 1.54) is 0 Å². The summed E-state index contributed by atoms with van der Waals surface area (Å²) in [4.78, 5) is 20.0. The molecule has 3 heterocycles. The molecule has 2 aliphatic heterocycles. The summed E-state index contributed by atoms with van der Waals surface area (Å²) in [6.07, 6.45) is 6.21. The third-order valence-electron chi connectivity index (χ3n) is 7.78. The number of ether oxygens (including phenoxy) is 3. The first-order valence-corrected chi connectivity index (χ1v) is 14.7. The summed E-state index contributed by atoms with van der Waals surface area (Å²) in [6, 6.07) is 13.4. The number of carboxylic acid groups (broad SMARTS) is 1.